The van der Waals surface area contributed by atoms with Gasteiger partial charge in [0.25, 0.3) is 0 Å². The summed E-state index contributed by atoms with van der Waals surface area (Å²) in [5.74, 6) is 0.848. The third kappa shape index (κ3) is 7.40. The van der Waals surface area contributed by atoms with Crippen molar-refractivity contribution in [2.45, 2.75) is 121 Å². The van der Waals surface area contributed by atoms with Crippen LogP contribution in [-0.4, -0.2) is 89.6 Å². The van der Waals surface area contributed by atoms with Crippen molar-refractivity contribution >= 4 is 23.5 Å². The van der Waals surface area contributed by atoms with Gasteiger partial charge in [-0.3, -0.25) is 4.79 Å². The van der Waals surface area contributed by atoms with Crippen molar-refractivity contribution in [3.8, 4) is 0 Å². The number of nitrogens with zero attached hydrogens (tertiary/aromatic N) is 3. The van der Waals surface area contributed by atoms with Crippen molar-refractivity contribution in [1.29, 1.82) is 0 Å². The van der Waals surface area contributed by atoms with Crippen LogP contribution in [0.1, 0.15) is 90.0 Å². The number of nitrogens with one attached hydrogen (secondary N) is 2. The van der Waals surface area contributed by atoms with E-state index in [1.807, 2.05) is 24.3 Å². The minimum absolute atomic E-state index is 0.212. The third-order valence-electron chi connectivity index (χ3n) is 10.4. The van der Waals surface area contributed by atoms with Gasteiger partial charge in [0, 0.05) is 42.3 Å². The summed E-state index contributed by atoms with van der Waals surface area (Å²) in [6, 6.07) is 8.94. The maximum atomic E-state index is 14.3. The molecule has 3 heterocycles. The second kappa shape index (κ2) is 14.6. The number of amides is 3. The monoisotopic (exact) mass is 585 g/mol. The van der Waals surface area contributed by atoms with E-state index >= 15 is 0 Å². The smallest absolute Gasteiger partial charge is 0.320 e. The van der Waals surface area contributed by atoms with Crippen LogP contribution in [-0.2, 0) is 11.2 Å². The Morgan fingerprint density at radius 2 is 1.51 bits per heavy atom. The molecule has 41 heavy (non-hydrogen) atoms. The largest absolute Gasteiger partial charge is 0.335 e. The van der Waals surface area contributed by atoms with Crippen molar-refractivity contribution in [2.24, 2.45) is 5.92 Å². The SMILES string of the molecule is CCN(C(=O)N(CC)C1CC2CCC(C1)N2C(=O)[C@@H](Cc1ccc(Cl)cc1)NCC1CCNCC1)C1CCCCC1. The summed E-state index contributed by atoms with van der Waals surface area (Å²) >= 11 is 6.16. The normalized spacial score (nSPS) is 26.1. The van der Waals surface area contributed by atoms with Crippen LogP contribution < -0.4 is 10.6 Å². The average molecular weight is 586 g/mol. The summed E-state index contributed by atoms with van der Waals surface area (Å²) in [5.41, 5.74) is 1.14. The maximum absolute atomic E-state index is 14.3. The molecular weight excluding hydrogens is 534 g/mol. The predicted octanol–water partition coefficient (Wildman–Crippen LogP) is 5.46. The molecule has 228 valence electrons. The first-order valence-corrected chi connectivity index (χ1v) is 16.9. The summed E-state index contributed by atoms with van der Waals surface area (Å²) < 4.78 is 0. The maximum Gasteiger partial charge on any atom is 0.320 e. The van der Waals surface area contributed by atoms with Gasteiger partial charge >= 0.3 is 6.03 Å². The molecule has 3 saturated heterocycles. The van der Waals surface area contributed by atoms with Gasteiger partial charge in [0.15, 0.2) is 0 Å². The minimum atomic E-state index is -0.239. The number of rotatable bonds is 10. The van der Waals surface area contributed by atoms with Gasteiger partial charge in [-0.25, -0.2) is 4.79 Å². The molecule has 8 heteroatoms. The van der Waals surface area contributed by atoms with Crippen LogP contribution in [0.25, 0.3) is 0 Å². The molecule has 0 aromatic heterocycles. The van der Waals surface area contributed by atoms with Gasteiger partial charge in [-0.2, -0.15) is 0 Å². The lowest BCUT2D eigenvalue weighted by Gasteiger charge is -2.46. The molecule has 3 amide bonds. The molecule has 1 aromatic carbocycles. The Hall–Kier alpha value is -1.83. The van der Waals surface area contributed by atoms with Crippen molar-refractivity contribution in [3.63, 3.8) is 0 Å². The van der Waals surface area contributed by atoms with Gasteiger partial charge < -0.3 is 25.3 Å². The zero-order chi connectivity index (χ0) is 28.8. The molecule has 1 saturated carbocycles. The molecule has 3 aliphatic heterocycles. The molecule has 3 atom stereocenters. The van der Waals surface area contributed by atoms with E-state index in [1.165, 1.54) is 19.3 Å². The van der Waals surface area contributed by atoms with Crippen molar-refractivity contribution in [1.82, 2.24) is 25.3 Å². The highest BCUT2D eigenvalue weighted by molar-refractivity contribution is 6.30. The molecule has 7 nitrogen and oxygen atoms in total. The zero-order valence-electron chi connectivity index (χ0n) is 25.3. The van der Waals surface area contributed by atoms with Crippen molar-refractivity contribution in [3.05, 3.63) is 34.9 Å². The first kappa shape index (κ1) is 30.6. The Bertz CT molecular complexity index is 980. The van der Waals surface area contributed by atoms with Crippen LogP contribution in [0, 0.1) is 5.92 Å². The second-order valence-electron chi connectivity index (χ2n) is 12.9. The molecule has 1 aliphatic carbocycles. The van der Waals surface area contributed by atoms with Crippen LogP contribution in [0.15, 0.2) is 24.3 Å². The molecule has 0 spiro atoms. The molecule has 2 unspecified atom stereocenters. The highest BCUT2D eigenvalue weighted by Gasteiger charge is 2.47. The van der Waals surface area contributed by atoms with Gasteiger partial charge in [-0.1, -0.05) is 43.0 Å². The van der Waals surface area contributed by atoms with Gasteiger partial charge in [-0.15, -0.1) is 0 Å². The van der Waals surface area contributed by atoms with E-state index in [0.29, 0.717) is 18.4 Å². The fourth-order valence-electron chi connectivity index (χ4n) is 8.10. The summed E-state index contributed by atoms with van der Waals surface area (Å²) in [6.07, 6.45) is 12.9. The number of halogens is 1. The predicted molar refractivity (Wildman–Crippen MR) is 166 cm³/mol. The van der Waals surface area contributed by atoms with E-state index in [0.717, 1.165) is 94.7 Å². The molecule has 1 aromatic rings. The number of hydrogen-bond donors (Lipinski definition) is 2. The third-order valence-corrected chi connectivity index (χ3v) is 10.6. The average Bonchev–Trinajstić information content (AvgIpc) is 3.27. The van der Waals surface area contributed by atoms with Crippen LogP contribution in [0.3, 0.4) is 0 Å². The van der Waals surface area contributed by atoms with Crippen molar-refractivity contribution in [2.75, 3.05) is 32.7 Å². The molecular formula is C33H52ClN5O2. The van der Waals surface area contributed by atoms with Gasteiger partial charge in [-0.05, 0) is 115 Å². The van der Waals surface area contributed by atoms with E-state index in [9.17, 15) is 9.59 Å². The van der Waals surface area contributed by atoms with E-state index < -0.39 is 0 Å². The number of carbonyl (C=O) groups is 2. The second-order valence-corrected chi connectivity index (χ2v) is 13.3. The van der Waals surface area contributed by atoms with Crippen molar-refractivity contribution < 1.29 is 9.59 Å². The first-order chi connectivity index (χ1) is 20.0. The number of benzene rings is 1. The zero-order valence-corrected chi connectivity index (χ0v) is 26.1. The summed E-state index contributed by atoms with van der Waals surface area (Å²) in [6.45, 7) is 8.76. The number of hydrogen-bond acceptors (Lipinski definition) is 4. The molecule has 0 radical (unpaired) electrons. The Kier molecular flexibility index (Phi) is 10.9. The van der Waals surface area contributed by atoms with E-state index in [-0.39, 0.29) is 36.1 Å². The fourth-order valence-corrected chi connectivity index (χ4v) is 8.22. The highest BCUT2D eigenvalue weighted by atomic mass is 35.5. The van der Waals surface area contributed by atoms with Crippen LogP contribution in [0.4, 0.5) is 4.79 Å². The number of fused-ring (bicyclic) bond motifs is 2. The van der Waals surface area contributed by atoms with Gasteiger partial charge in [0.05, 0.1) is 6.04 Å². The van der Waals surface area contributed by atoms with E-state index in [4.69, 9.17) is 11.6 Å². The molecule has 4 fully saturated rings. The topological polar surface area (TPSA) is 67.9 Å². The number of urea groups is 1. The highest BCUT2D eigenvalue weighted by Crippen LogP contribution is 2.39. The van der Waals surface area contributed by atoms with Gasteiger partial charge in [0.1, 0.15) is 0 Å². The lowest BCUT2D eigenvalue weighted by Crippen LogP contribution is -2.60. The van der Waals surface area contributed by atoms with E-state index in [2.05, 4.69) is 39.2 Å². The van der Waals surface area contributed by atoms with Crippen LogP contribution in [0.2, 0.25) is 5.02 Å². The van der Waals surface area contributed by atoms with E-state index in [1.54, 1.807) is 0 Å². The fraction of sp³-hybridized carbons (Fsp3) is 0.758. The van der Waals surface area contributed by atoms with Crippen LogP contribution in [0.5, 0.6) is 0 Å². The molecule has 5 rings (SSSR count). The molecule has 4 aliphatic rings. The minimum Gasteiger partial charge on any atom is -0.335 e. The molecule has 2 N–H and O–H groups in total. The van der Waals surface area contributed by atoms with Crippen LogP contribution >= 0.6 is 11.6 Å². The Morgan fingerprint density at radius 1 is 0.902 bits per heavy atom. The standard InChI is InChI=1S/C33H52ClN5O2/c1-3-37(27-8-6-5-7-9-27)33(41)38(4-2)30-21-28-14-15-29(22-30)39(28)32(40)31(20-24-10-12-26(34)13-11-24)36-23-25-16-18-35-19-17-25/h10-13,25,27-31,35-36H,3-9,14-23H2,1-2H3/t28?,29?,30?,31-/m1/s1. The number of carbonyl (C=O) groups excluding carboxylic acids is 2. The molecule has 2 bridgehead atoms. The lowest BCUT2D eigenvalue weighted by molar-refractivity contribution is -0.138. The Balaban J connectivity index is 1.26. The first-order valence-electron chi connectivity index (χ1n) is 16.6. The summed E-state index contributed by atoms with van der Waals surface area (Å²) in [5, 5.41) is 7.89. The van der Waals surface area contributed by atoms with Gasteiger partial charge in [0.2, 0.25) is 5.91 Å². The quantitative estimate of drug-likeness (QED) is 0.383. The lowest BCUT2D eigenvalue weighted by atomic mass is 9.92. The Morgan fingerprint density at radius 3 is 2.12 bits per heavy atom. The summed E-state index contributed by atoms with van der Waals surface area (Å²) in [7, 11) is 0. The number of piperidine rings is 2. The summed E-state index contributed by atoms with van der Waals surface area (Å²) in [4.78, 5) is 34.7. The Labute approximate surface area is 252 Å².